The van der Waals surface area contributed by atoms with Crippen molar-refractivity contribution in [3.05, 3.63) is 6.17 Å². The highest BCUT2D eigenvalue weighted by atomic mass is 15.2. The first-order chi connectivity index (χ1) is 5.47. The summed E-state index contributed by atoms with van der Waals surface area (Å²) in [6, 6.07) is 0. The van der Waals surface area contributed by atoms with Gasteiger partial charge in [0.1, 0.15) is 0 Å². The van der Waals surface area contributed by atoms with E-state index in [1.165, 1.54) is 44.9 Å². The van der Waals surface area contributed by atoms with Crippen molar-refractivity contribution in [3.8, 4) is 0 Å². The molecule has 11 heavy (non-hydrogen) atoms. The van der Waals surface area contributed by atoms with Gasteiger partial charge in [-0.15, -0.1) is 6.21 Å². The normalized spacial score (nSPS) is 26.4. The van der Waals surface area contributed by atoms with Crippen LogP contribution in [-0.2, 0) is 0 Å². The van der Waals surface area contributed by atoms with Crippen LogP contribution in [0.25, 0.3) is 0 Å². The van der Waals surface area contributed by atoms with Crippen molar-refractivity contribution in [2.24, 2.45) is 4.99 Å². The van der Waals surface area contributed by atoms with Crippen LogP contribution in [0.5, 0.6) is 0 Å². The minimum Gasteiger partial charge on any atom is -0.440 e. The second kappa shape index (κ2) is 3.26. The Morgan fingerprint density at radius 2 is 2.18 bits per heavy atom. The van der Waals surface area contributed by atoms with Gasteiger partial charge in [-0.2, -0.15) is 0 Å². The summed E-state index contributed by atoms with van der Waals surface area (Å²) in [5, 5.41) is 0. The molecule has 62 valence electrons. The van der Waals surface area contributed by atoms with Gasteiger partial charge in [0.15, 0.2) is 0 Å². The lowest BCUT2D eigenvalue weighted by molar-refractivity contribution is 0.284. The van der Waals surface area contributed by atoms with Crippen molar-refractivity contribution in [3.63, 3.8) is 0 Å². The number of rotatable bonds is 0. The maximum atomic E-state index is 4.43. The van der Waals surface area contributed by atoms with Crippen LogP contribution in [0.2, 0.25) is 0 Å². The second-order valence-corrected chi connectivity index (χ2v) is 3.31. The third kappa shape index (κ3) is 1.56. The van der Waals surface area contributed by atoms with Crippen molar-refractivity contribution in [1.82, 2.24) is 4.90 Å². The standard InChI is InChI=1S/C9H15N2/c1-2-5-9-10-6-4-8-11(9)7-3-1/h6H,1-5,7-8H2/q-1. The minimum absolute atomic E-state index is 1.14. The minimum atomic E-state index is 1.14. The molecule has 0 aromatic rings. The molecule has 0 aliphatic carbocycles. The van der Waals surface area contributed by atoms with Gasteiger partial charge in [-0.25, -0.2) is 0 Å². The first-order valence-corrected chi connectivity index (χ1v) is 4.60. The fraction of sp³-hybridized carbons (Fsp3) is 0.778. The van der Waals surface area contributed by atoms with Gasteiger partial charge < -0.3 is 9.89 Å². The van der Waals surface area contributed by atoms with E-state index in [1.54, 1.807) is 0 Å². The molecule has 0 N–H and O–H groups in total. The van der Waals surface area contributed by atoms with Gasteiger partial charge >= 0.3 is 0 Å². The topological polar surface area (TPSA) is 15.6 Å². The van der Waals surface area contributed by atoms with Crippen LogP contribution in [-0.4, -0.2) is 24.2 Å². The summed E-state index contributed by atoms with van der Waals surface area (Å²) in [5.74, 6) is 0. The number of aliphatic imine (C=N–C) groups is 1. The molecule has 0 radical (unpaired) electrons. The van der Waals surface area contributed by atoms with E-state index >= 15 is 0 Å². The van der Waals surface area contributed by atoms with Crippen molar-refractivity contribution in [2.45, 2.75) is 32.1 Å². The fourth-order valence-electron chi connectivity index (χ4n) is 1.82. The molecule has 2 heteroatoms. The zero-order valence-corrected chi connectivity index (χ0v) is 6.92. The summed E-state index contributed by atoms with van der Waals surface area (Å²) in [6.45, 7) is 2.45. The van der Waals surface area contributed by atoms with Crippen LogP contribution in [0.1, 0.15) is 32.1 Å². The van der Waals surface area contributed by atoms with Crippen LogP contribution in [0, 0.1) is 6.17 Å². The summed E-state index contributed by atoms with van der Waals surface area (Å²) in [7, 11) is 0. The van der Waals surface area contributed by atoms with Gasteiger partial charge in [-0.3, -0.25) is 0 Å². The molecular weight excluding hydrogens is 136 g/mol. The van der Waals surface area contributed by atoms with Crippen molar-refractivity contribution < 1.29 is 0 Å². The molecule has 2 heterocycles. The Kier molecular flexibility index (Phi) is 2.13. The maximum absolute atomic E-state index is 4.43. The van der Waals surface area contributed by atoms with Crippen molar-refractivity contribution >= 4 is 6.21 Å². The molecule has 0 atom stereocenters. The molecular formula is C9H15N2-. The highest BCUT2D eigenvalue weighted by Gasteiger charge is 2.13. The highest BCUT2D eigenvalue weighted by molar-refractivity contribution is 5.59. The molecule has 0 spiro atoms. The highest BCUT2D eigenvalue weighted by Crippen LogP contribution is 2.25. The monoisotopic (exact) mass is 151 g/mol. The van der Waals surface area contributed by atoms with Gasteiger partial charge in [-0.05, 0) is 19.5 Å². The number of fused-ring (bicyclic) bond motifs is 1. The van der Waals surface area contributed by atoms with E-state index in [9.17, 15) is 0 Å². The predicted octanol–water partition coefficient (Wildman–Crippen LogP) is 1.83. The van der Waals surface area contributed by atoms with E-state index in [4.69, 9.17) is 0 Å². The first kappa shape index (κ1) is 7.17. The van der Waals surface area contributed by atoms with Gasteiger partial charge in [0.25, 0.3) is 0 Å². The van der Waals surface area contributed by atoms with Gasteiger partial charge in [0, 0.05) is 0 Å². The van der Waals surface area contributed by atoms with Crippen LogP contribution < -0.4 is 0 Å². The average Bonchev–Trinajstić information content (AvgIpc) is 2.28. The SMILES string of the molecule is C1=N[C-]2CCCCCN2CC1. The Morgan fingerprint density at radius 1 is 1.18 bits per heavy atom. The second-order valence-electron chi connectivity index (χ2n) is 3.31. The molecule has 2 aliphatic heterocycles. The lowest BCUT2D eigenvalue weighted by Gasteiger charge is -2.38. The molecule has 0 bridgehead atoms. The fourth-order valence-corrected chi connectivity index (χ4v) is 1.82. The summed E-state index contributed by atoms with van der Waals surface area (Å²) in [5.41, 5.74) is 0. The lowest BCUT2D eigenvalue weighted by Crippen LogP contribution is -2.31. The quantitative estimate of drug-likeness (QED) is 0.482. The number of hydrogen-bond acceptors (Lipinski definition) is 2. The molecule has 1 saturated heterocycles. The van der Waals surface area contributed by atoms with Crippen LogP contribution in [0.4, 0.5) is 0 Å². The molecule has 0 saturated carbocycles. The maximum Gasteiger partial charge on any atom is -0.0130 e. The van der Waals surface area contributed by atoms with Crippen molar-refractivity contribution in [1.29, 1.82) is 0 Å². The predicted molar refractivity (Wildman–Crippen MR) is 46.4 cm³/mol. The lowest BCUT2D eigenvalue weighted by atomic mass is 10.2. The summed E-state index contributed by atoms with van der Waals surface area (Å²) >= 11 is 0. The summed E-state index contributed by atoms with van der Waals surface area (Å²) in [4.78, 5) is 6.88. The van der Waals surface area contributed by atoms with Gasteiger partial charge in [0.2, 0.25) is 0 Å². The molecule has 2 nitrogen and oxygen atoms in total. The molecule has 0 amide bonds. The van der Waals surface area contributed by atoms with E-state index in [2.05, 4.69) is 16.1 Å². The Balaban J connectivity index is 2.02. The van der Waals surface area contributed by atoms with Gasteiger partial charge in [-0.1, -0.05) is 31.8 Å². The van der Waals surface area contributed by atoms with E-state index in [0.717, 1.165) is 6.42 Å². The third-order valence-electron chi connectivity index (χ3n) is 2.46. The number of hydrogen-bond donors (Lipinski definition) is 0. The number of nitrogens with zero attached hydrogens (tertiary/aromatic N) is 2. The van der Waals surface area contributed by atoms with Crippen LogP contribution >= 0.6 is 0 Å². The van der Waals surface area contributed by atoms with Crippen LogP contribution in [0.15, 0.2) is 4.99 Å². The van der Waals surface area contributed by atoms with Crippen molar-refractivity contribution in [2.75, 3.05) is 13.1 Å². The zero-order valence-electron chi connectivity index (χ0n) is 6.92. The van der Waals surface area contributed by atoms with Crippen LogP contribution in [0.3, 0.4) is 0 Å². The summed E-state index contributed by atoms with van der Waals surface area (Å²) in [6.07, 6.45) is 9.84. The van der Waals surface area contributed by atoms with E-state index < -0.39 is 0 Å². The zero-order chi connectivity index (χ0) is 7.52. The smallest absolute Gasteiger partial charge is 0.0130 e. The third-order valence-corrected chi connectivity index (χ3v) is 2.46. The molecule has 1 fully saturated rings. The first-order valence-electron chi connectivity index (χ1n) is 4.60. The molecule has 0 aromatic carbocycles. The Bertz CT molecular complexity index is 154. The Hall–Kier alpha value is -0.500. The molecule has 2 rings (SSSR count). The Morgan fingerprint density at radius 3 is 3.18 bits per heavy atom. The average molecular weight is 151 g/mol. The van der Waals surface area contributed by atoms with E-state index in [1.807, 2.05) is 0 Å². The van der Waals surface area contributed by atoms with Gasteiger partial charge in [0.05, 0.1) is 0 Å². The summed E-state index contributed by atoms with van der Waals surface area (Å²) < 4.78 is 0. The molecule has 0 unspecified atom stereocenters. The molecule has 0 aromatic heterocycles. The molecule has 2 aliphatic rings. The Labute approximate surface area is 68.3 Å². The van der Waals surface area contributed by atoms with E-state index in [-0.39, 0.29) is 0 Å². The van der Waals surface area contributed by atoms with E-state index in [0.29, 0.717) is 0 Å². The largest absolute Gasteiger partial charge is 0.440 e.